The molecule has 0 aliphatic carbocycles. The molecule has 7 rings (SSSR count). The molecular formula is C29H27N9O3. The van der Waals surface area contributed by atoms with E-state index in [2.05, 4.69) is 25.3 Å². The summed E-state index contributed by atoms with van der Waals surface area (Å²) in [6.07, 6.45) is 6.61. The first-order chi connectivity index (χ1) is 19.8. The second kappa shape index (κ2) is 9.30. The normalized spacial score (nSPS) is 21.9. The average Bonchev–Trinajstić information content (AvgIpc) is 3.72. The molecule has 4 aromatic heterocycles. The number of carbonyl (C=O) groups excluding carboxylic acids is 2. The third-order valence-corrected chi connectivity index (χ3v) is 8.24. The van der Waals surface area contributed by atoms with E-state index >= 15 is 0 Å². The number of H-pyrrole nitrogens is 1. The van der Waals surface area contributed by atoms with Gasteiger partial charge < -0.3 is 20.7 Å². The Hall–Kier alpha value is -4.97. The molecule has 4 N–H and O–H groups in total. The number of ketones is 1. The van der Waals surface area contributed by atoms with Crippen LogP contribution < -0.4 is 5.73 Å². The fourth-order valence-corrected chi connectivity index (χ4v) is 6.42. The van der Waals surface area contributed by atoms with Gasteiger partial charge in [-0.2, -0.15) is 9.61 Å². The zero-order valence-electron chi connectivity index (χ0n) is 22.2. The summed E-state index contributed by atoms with van der Waals surface area (Å²) in [7, 11) is 0. The Morgan fingerprint density at radius 3 is 2.44 bits per heavy atom. The average molecular weight is 550 g/mol. The van der Waals surface area contributed by atoms with Crippen molar-refractivity contribution >= 4 is 23.2 Å². The number of aromatic nitrogens is 7. The van der Waals surface area contributed by atoms with Gasteiger partial charge in [-0.15, -0.1) is 10.2 Å². The molecule has 12 nitrogen and oxygen atoms in total. The van der Waals surface area contributed by atoms with Gasteiger partial charge in [-0.1, -0.05) is 36.4 Å². The van der Waals surface area contributed by atoms with Crippen molar-refractivity contribution in [2.75, 3.05) is 5.73 Å². The molecule has 41 heavy (non-hydrogen) atoms. The lowest BCUT2D eigenvalue weighted by molar-refractivity contribution is -0.0513. The van der Waals surface area contributed by atoms with Gasteiger partial charge >= 0.3 is 0 Å². The molecule has 6 heterocycles. The summed E-state index contributed by atoms with van der Waals surface area (Å²) in [5.74, 6) is -0.301. The fraction of sp³-hybridized carbons (Fsp3) is 0.276. The molecule has 1 aromatic carbocycles. The Kier molecular flexibility index (Phi) is 5.68. The number of Topliss-reactive ketones (excluding diaryl/α,β-unsaturated/α-hetero) is 1. The predicted octanol–water partition coefficient (Wildman–Crippen LogP) is 3.02. The number of benzene rings is 1. The van der Waals surface area contributed by atoms with Crippen LogP contribution in [0.25, 0.3) is 28.0 Å². The standard InChI is InChI=1S/C29H27N9O3/c1-16(39)23-24(29(41)11-19-8-9-20(12-29)37(19)28(40)26-32-15-33-36-26)35-27-21(14-34-38(27)25(23)30)18-7-10-22(31-13-18)17-5-3-2-4-6-17/h2-7,10,13-15,19-20,41H,8-9,11-12,30H2,1H3,(H,32,33,36)/t19-,20+,29-. The number of fused-ring (bicyclic) bond motifs is 3. The van der Waals surface area contributed by atoms with Gasteiger partial charge in [-0.05, 0) is 25.8 Å². The molecule has 2 saturated heterocycles. The number of nitrogen functional groups attached to an aromatic ring is 1. The molecule has 0 saturated carbocycles. The van der Waals surface area contributed by atoms with Gasteiger partial charge in [0.2, 0.25) is 5.82 Å². The first kappa shape index (κ1) is 25.0. The maximum Gasteiger partial charge on any atom is 0.292 e. The van der Waals surface area contributed by atoms with Crippen molar-refractivity contribution < 1.29 is 14.7 Å². The summed E-state index contributed by atoms with van der Waals surface area (Å²) in [5, 5.41) is 24.2. The monoisotopic (exact) mass is 549 g/mol. The number of nitrogens with one attached hydrogen (secondary N) is 1. The summed E-state index contributed by atoms with van der Waals surface area (Å²) in [4.78, 5) is 40.1. The fourth-order valence-electron chi connectivity index (χ4n) is 6.42. The number of hydrogen-bond donors (Lipinski definition) is 3. The van der Waals surface area contributed by atoms with E-state index in [0.717, 1.165) is 29.7 Å². The number of carbonyl (C=O) groups is 2. The molecule has 0 radical (unpaired) electrons. The summed E-state index contributed by atoms with van der Waals surface area (Å²) in [6, 6.07) is 13.2. The largest absolute Gasteiger partial charge is 0.383 e. The second-order valence-corrected chi connectivity index (χ2v) is 10.7. The number of rotatable bonds is 5. The van der Waals surface area contributed by atoms with Crippen LogP contribution in [0.1, 0.15) is 59.3 Å². The number of anilines is 1. The highest BCUT2D eigenvalue weighted by atomic mass is 16.3. The number of amides is 1. The molecule has 1 amide bonds. The number of nitrogens with zero attached hydrogens (tertiary/aromatic N) is 7. The van der Waals surface area contributed by atoms with Crippen LogP contribution in [0.15, 0.2) is 61.2 Å². The number of nitrogens with two attached hydrogens (primary N) is 1. The Morgan fingerprint density at radius 2 is 1.80 bits per heavy atom. The maximum atomic E-state index is 13.2. The van der Waals surface area contributed by atoms with Crippen molar-refractivity contribution in [3.05, 3.63) is 78.3 Å². The lowest BCUT2D eigenvalue weighted by Crippen LogP contribution is -2.52. The highest BCUT2D eigenvalue weighted by Crippen LogP contribution is 2.47. The van der Waals surface area contributed by atoms with Gasteiger partial charge in [0.25, 0.3) is 5.91 Å². The van der Waals surface area contributed by atoms with Crippen LogP contribution in [-0.4, -0.2) is 68.5 Å². The molecule has 2 fully saturated rings. The number of aromatic amines is 1. The summed E-state index contributed by atoms with van der Waals surface area (Å²) in [6.45, 7) is 1.40. The molecule has 2 bridgehead atoms. The predicted molar refractivity (Wildman–Crippen MR) is 149 cm³/mol. The van der Waals surface area contributed by atoms with Gasteiger partial charge in [-0.25, -0.2) is 4.98 Å². The van der Waals surface area contributed by atoms with E-state index < -0.39 is 5.60 Å². The van der Waals surface area contributed by atoms with E-state index in [0.29, 0.717) is 11.2 Å². The summed E-state index contributed by atoms with van der Waals surface area (Å²) in [5.41, 5.74) is 9.10. The minimum Gasteiger partial charge on any atom is -0.383 e. The van der Waals surface area contributed by atoms with Gasteiger partial charge in [-0.3, -0.25) is 14.6 Å². The van der Waals surface area contributed by atoms with E-state index in [9.17, 15) is 14.7 Å². The Labute approximate surface area is 234 Å². The van der Waals surface area contributed by atoms with Gasteiger partial charge in [0.1, 0.15) is 17.7 Å². The van der Waals surface area contributed by atoms with Gasteiger partial charge in [0, 0.05) is 47.8 Å². The van der Waals surface area contributed by atoms with Crippen LogP contribution in [0.3, 0.4) is 0 Å². The Balaban J connectivity index is 1.29. The SMILES string of the molecule is CC(=O)c1c([C@@]2(O)C[C@H]3CC[C@@H](C2)N3C(=O)c2nnc[nH]2)nc2c(-c3ccc(-c4ccccc4)nc3)cnn2c1N. The molecule has 0 unspecified atom stereocenters. The van der Waals surface area contributed by atoms with Crippen molar-refractivity contribution in [1.82, 2.24) is 39.7 Å². The van der Waals surface area contributed by atoms with Crippen molar-refractivity contribution in [2.24, 2.45) is 0 Å². The third-order valence-electron chi connectivity index (χ3n) is 8.24. The zero-order valence-corrected chi connectivity index (χ0v) is 22.2. The lowest BCUT2D eigenvalue weighted by atomic mass is 9.80. The lowest BCUT2D eigenvalue weighted by Gasteiger charge is -2.43. The molecular weight excluding hydrogens is 522 g/mol. The third kappa shape index (κ3) is 3.98. The second-order valence-electron chi connectivity index (χ2n) is 10.7. The van der Waals surface area contributed by atoms with Crippen LogP contribution in [0.5, 0.6) is 0 Å². The van der Waals surface area contributed by atoms with E-state index in [1.54, 1.807) is 17.3 Å². The molecule has 2 aliphatic heterocycles. The van der Waals surface area contributed by atoms with Crippen molar-refractivity contribution in [3.8, 4) is 22.4 Å². The quantitative estimate of drug-likeness (QED) is 0.279. The number of aliphatic hydroxyl groups is 1. The summed E-state index contributed by atoms with van der Waals surface area (Å²) < 4.78 is 1.43. The van der Waals surface area contributed by atoms with Crippen LogP contribution in [0.2, 0.25) is 0 Å². The smallest absolute Gasteiger partial charge is 0.292 e. The highest BCUT2D eigenvalue weighted by molar-refractivity contribution is 6.00. The van der Waals surface area contributed by atoms with Crippen LogP contribution in [-0.2, 0) is 5.60 Å². The minimum absolute atomic E-state index is 0.110. The van der Waals surface area contributed by atoms with Crippen molar-refractivity contribution in [1.29, 1.82) is 0 Å². The number of piperidine rings is 1. The van der Waals surface area contributed by atoms with Gasteiger partial charge in [0.05, 0.1) is 23.1 Å². The Morgan fingerprint density at radius 1 is 1.05 bits per heavy atom. The maximum absolute atomic E-state index is 13.2. The van der Waals surface area contributed by atoms with E-state index in [1.807, 2.05) is 42.5 Å². The molecule has 3 atom stereocenters. The first-order valence-corrected chi connectivity index (χ1v) is 13.5. The Bertz CT molecular complexity index is 1770. The summed E-state index contributed by atoms with van der Waals surface area (Å²) >= 11 is 0. The van der Waals surface area contributed by atoms with Crippen molar-refractivity contribution in [3.63, 3.8) is 0 Å². The van der Waals surface area contributed by atoms with Gasteiger partial charge in [0.15, 0.2) is 11.4 Å². The highest BCUT2D eigenvalue weighted by Gasteiger charge is 2.52. The van der Waals surface area contributed by atoms with E-state index in [-0.39, 0.29) is 59.5 Å². The van der Waals surface area contributed by atoms with Crippen LogP contribution >= 0.6 is 0 Å². The topological polar surface area (TPSA) is 168 Å². The first-order valence-electron chi connectivity index (χ1n) is 13.5. The van der Waals surface area contributed by atoms with Crippen molar-refractivity contribution in [2.45, 2.75) is 50.3 Å². The minimum atomic E-state index is -1.47. The number of pyridine rings is 1. The molecule has 206 valence electrons. The molecule has 12 heteroatoms. The molecule has 5 aromatic rings. The van der Waals surface area contributed by atoms with E-state index in [1.165, 1.54) is 17.8 Å². The van der Waals surface area contributed by atoms with E-state index in [4.69, 9.17) is 10.7 Å². The number of hydrogen-bond acceptors (Lipinski definition) is 9. The molecule has 0 spiro atoms. The zero-order chi connectivity index (χ0) is 28.3. The van der Waals surface area contributed by atoms with Crippen LogP contribution in [0.4, 0.5) is 5.82 Å². The molecule has 2 aliphatic rings. The van der Waals surface area contributed by atoms with Crippen LogP contribution in [0, 0.1) is 0 Å².